The first-order valence-electron chi connectivity index (χ1n) is 9.12. The zero-order valence-electron chi connectivity index (χ0n) is 17.4. The molecule has 3 N–H and O–H groups in total. The summed E-state index contributed by atoms with van der Waals surface area (Å²) in [5.74, 6) is -0.443. The summed E-state index contributed by atoms with van der Waals surface area (Å²) in [6.07, 6.45) is -1.44. The maximum atomic E-state index is 12.5. The van der Waals surface area contributed by atoms with E-state index in [9.17, 15) is 14.4 Å². The van der Waals surface area contributed by atoms with Gasteiger partial charge >= 0.3 is 12.2 Å². The number of carbonyl (C=O) groups is 3. The molecule has 1 unspecified atom stereocenters. The van der Waals surface area contributed by atoms with Gasteiger partial charge in [0.2, 0.25) is 5.91 Å². The van der Waals surface area contributed by atoms with Crippen LogP contribution in [-0.4, -0.2) is 41.8 Å². The largest absolute Gasteiger partial charge is 0.445 e. The Bertz CT molecular complexity index is 663. The molecule has 1 aromatic rings. The molecule has 0 radical (unpaired) electrons. The predicted octanol–water partition coefficient (Wildman–Crippen LogP) is 2.72. The fraction of sp³-hybridized carbons (Fsp3) is 0.550. The highest BCUT2D eigenvalue weighted by Gasteiger charge is 2.27. The van der Waals surface area contributed by atoms with Crippen LogP contribution < -0.4 is 16.0 Å². The van der Waals surface area contributed by atoms with E-state index in [-0.39, 0.29) is 13.2 Å². The molecule has 8 heteroatoms. The summed E-state index contributed by atoms with van der Waals surface area (Å²) in [7, 11) is 0. The van der Waals surface area contributed by atoms with Crippen molar-refractivity contribution in [3.8, 4) is 0 Å². The number of nitrogens with one attached hydrogen (secondary N) is 3. The Morgan fingerprint density at radius 1 is 0.964 bits per heavy atom. The van der Waals surface area contributed by atoms with E-state index >= 15 is 0 Å². The minimum atomic E-state index is -1.02. The van der Waals surface area contributed by atoms with Crippen LogP contribution >= 0.6 is 0 Å². The van der Waals surface area contributed by atoms with Crippen LogP contribution in [0.1, 0.15) is 47.1 Å². The summed E-state index contributed by atoms with van der Waals surface area (Å²) in [6, 6.07) is 8.19. The van der Waals surface area contributed by atoms with Crippen LogP contribution in [0, 0.1) is 0 Å². The van der Waals surface area contributed by atoms with Crippen LogP contribution in [-0.2, 0) is 20.9 Å². The van der Waals surface area contributed by atoms with Crippen LogP contribution in [0.5, 0.6) is 0 Å². The number of carbonyl (C=O) groups excluding carboxylic acids is 3. The second-order valence-electron chi connectivity index (χ2n) is 8.38. The Morgan fingerprint density at radius 2 is 1.57 bits per heavy atom. The number of benzene rings is 1. The standard InChI is InChI=1S/C20H31N3O5/c1-19(2,3)23-16(24)15(22-18(26)28-20(4,5)6)12-21-17(25)27-13-14-10-8-7-9-11-14/h7-11,15H,12-13H2,1-6H3,(H,21,25)(H,22,26)(H,23,24). The SMILES string of the molecule is CC(C)(C)NC(=O)C(CNC(=O)OCc1ccccc1)NC(=O)OC(C)(C)C. The van der Waals surface area contributed by atoms with Crippen LogP contribution in [0.3, 0.4) is 0 Å². The third-order valence-electron chi connectivity index (χ3n) is 3.17. The van der Waals surface area contributed by atoms with E-state index in [0.717, 1.165) is 5.56 Å². The van der Waals surface area contributed by atoms with Gasteiger partial charge in [0.1, 0.15) is 18.2 Å². The third kappa shape index (κ3) is 10.4. The monoisotopic (exact) mass is 393 g/mol. The lowest BCUT2D eigenvalue weighted by Gasteiger charge is -2.27. The number of rotatable bonds is 6. The lowest BCUT2D eigenvalue weighted by molar-refractivity contribution is -0.124. The fourth-order valence-corrected chi connectivity index (χ4v) is 2.08. The highest BCUT2D eigenvalue weighted by molar-refractivity contribution is 5.86. The number of hydrogen-bond donors (Lipinski definition) is 3. The molecule has 3 amide bonds. The van der Waals surface area contributed by atoms with E-state index in [1.165, 1.54) is 0 Å². The molecule has 0 aliphatic rings. The molecule has 1 aromatic carbocycles. The molecular formula is C20H31N3O5. The summed E-state index contributed by atoms with van der Waals surface area (Å²) in [4.78, 5) is 36.4. The molecule has 28 heavy (non-hydrogen) atoms. The van der Waals surface area contributed by atoms with E-state index in [2.05, 4.69) is 16.0 Å². The molecule has 0 bridgehead atoms. The molecule has 0 aliphatic heterocycles. The third-order valence-corrected chi connectivity index (χ3v) is 3.17. The molecule has 0 aromatic heterocycles. The predicted molar refractivity (Wildman–Crippen MR) is 106 cm³/mol. The molecule has 8 nitrogen and oxygen atoms in total. The van der Waals surface area contributed by atoms with Crippen molar-refractivity contribution < 1.29 is 23.9 Å². The van der Waals surface area contributed by atoms with Gasteiger partial charge in [-0.1, -0.05) is 30.3 Å². The van der Waals surface area contributed by atoms with Crippen molar-refractivity contribution in [2.75, 3.05) is 6.54 Å². The quantitative estimate of drug-likeness (QED) is 0.689. The first-order chi connectivity index (χ1) is 12.9. The van der Waals surface area contributed by atoms with Crippen LogP contribution in [0.15, 0.2) is 30.3 Å². The molecule has 0 heterocycles. The number of hydrogen-bond acceptors (Lipinski definition) is 5. The lowest BCUT2D eigenvalue weighted by Crippen LogP contribution is -2.56. The van der Waals surface area contributed by atoms with Gasteiger partial charge in [0.05, 0.1) is 6.54 Å². The van der Waals surface area contributed by atoms with Crippen LogP contribution in [0.2, 0.25) is 0 Å². The van der Waals surface area contributed by atoms with Gasteiger partial charge in [-0.15, -0.1) is 0 Å². The van der Waals surface area contributed by atoms with Crippen LogP contribution in [0.4, 0.5) is 9.59 Å². The molecule has 156 valence electrons. The van der Waals surface area contributed by atoms with Gasteiger partial charge < -0.3 is 25.4 Å². The highest BCUT2D eigenvalue weighted by Crippen LogP contribution is 2.07. The topological polar surface area (TPSA) is 106 Å². The minimum Gasteiger partial charge on any atom is -0.445 e. The minimum absolute atomic E-state index is 0.102. The van der Waals surface area contributed by atoms with Gasteiger partial charge in [0, 0.05) is 5.54 Å². The molecule has 0 saturated carbocycles. The Hall–Kier alpha value is -2.77. The van der Waals surface area contributed by atoms with E-state index in [1.807, 2.05) is 51.1 Å². The van der Waals surface area contributed by atoms with E-state index in [1.54, 1.807) is 20.8 Å². The fourth-order valence-electron chi connectivity index (χ4n) is 2.08. The van der Waals surface area contributed by atoms with Gasteiger partial charge in [0.25, 0.3) is 0 Å². The number of ether oxygens (including phenoxy) is 2. The van der Waals surface area contributed by atoms with Crippen molar-refractivity contribution in [3.63, 3.8) is 0 Å². The van der Waals surface area contributed by atoms with Gasteiger partial charge in [0.15, 0.2) is 0 Å². The highest BCUT2D eigenvalue weighted by atomic mass is 16.6. The molecule has 0 spiro atoms. The molecule has 0 aliphatic carbocycles. The summed E-state index contributed by atoms with van der Waals surface area (Å²) in [5.41, 5.74) is -0.373. The Morgan fingerprint density at radius 3 is 2.11 bits per heavy atom. The van der Waals surface area contributed by atoms with Crippen molar-refractivity contribution in [1.82, 2.24) is 16.0 Å². The van der Waals surface area contributed by atoms with Crippen molar-refractivity contribution in [3.05, 3.63) is 35.9 Å². The van der Waals surface area contributed by atoms with Gasteiger partial charge in [-0.05, 0) is 47.1 Å². The Kier molecular flexibility index (Phi) is 8.28. The molecule has 1 atom stereocenters. The molecule has 0 saturated heterocycles. The second kappa shape index (κ2) is 9.96. The molecule has 0 fully saturated rings. The number of alkyl carbamates (subject to hydrolysis) is 2. The van der Waals surface area contributed by atoms with E-state index < -0.39 is 35.3 Å². The zero-order chi connectivity index (χ0) is 21.4. The van der Waals surface area contributed by atoms with Gasteiger partial charge in [-0.3, -0.25) is 4.79 Å². The van der Waals surface area contributed by atoms with Crippen molar-refractivity contribution in [2.45, 2.75) is 65.3 Å². The van der Waals surface area contributed by atoms with Gasteiger partial charge in [-0.25, -0.2) is 9.59 Å². The Balaban J connectivity index is 2.63. The first-order valence-corrected chi connectivity index (χ1v) is 9.12. The van der Waals surface area contributed by atoms with E-state index in [0.29, 0.717) is 0 Å². The summed E-state index contributed by atoms with van der Waals surface area (Å²) < 4.78 is 10.3. The summed E-state index contributed by atoms with van der Waals surface area (Å²) >= 11 is 0. The molecule has 1 rings (SSSR count). The van der Waals surface area contributed by atoms with E-state index in [4.69, 9.17) is 9.47 Å². The van der Waals surface area contributed by atoms with Crippen molar-refractivity contribution in [1.29, 1.82) is 0 Å². The van der Waals surface area contributed by atoms with Crippen molar-refractivity contribution in [2.24, 2.45) is 0 Å². The summed E-state index contributed by atoms with van der Waals surface area (Å²) in [6.45, 7) is 10.6. The maximum Gasteiger partial charge on any atom is 0.408 e. The normalized spacial score (nSPS) is 12.5. The second-order valence-corrected chi connectivity index (χ2v) is 8.38. The Labute approximate surface area is 166 Å². The smallest absolute Gasteiger partial charge is 0.408 e. The lowest BCUT2D eigenvalue weighted by atomic mass is 10.1. The van der Waals surface area contributed by atoms with Gasteiger partial charge in [-0.2, -0.15) is 0 Å². The first kappa shape index (κ1) is 23.3. The molecular weight excluding hydrogens is 362 g/mol. The van der Waals surface area contributed by atoms with Crippen LogP contribution in [0.25, 0.3) is 0 Å². The summed E-state index contributed by atoms with van der Waals surface area (Å²) in [5, 5.41) is 7.74. The number of amides is 3. The zero-order valence-corrected chi connectivity index (χ0v) is 17.4. The average molecular weight is 393 g/mol. The maximum absolute atomic E-state index is 12.5. The average Bonchev–Trinajstić information content (AvgIpc) is 2.54. The van der Waals surface area contributed by atoms with Crippen molar-refractivity contribution >= 4 is 18.1 Å².